The van der Waals surface area contributed by atoms with E-state index >= 15 is 0 Å². The van der Waals surface area contributed by atoms with Crippen molar-refractivity contribution in [1.29, 1.82) is 0 Å². The molecule has 76 valence electrons. The molecule has 0 spiro atoms. The lowest BCUT2D eigenvalue weighted by molar-refractivity contribution is -0.122. The molecular formula is C11H14O2S. The Labute approximate surface area is 88.1 Å². The molecule has 2 heterocycles. The smallest absolute Gasteiger partial charge is 0.140 e. The first kappa shape index (κ1) is 9.84. The van der Waals surface area contributed by atoms with Crippen LogP contribution in [0, 0.1) is 5.92 Å². The van der Waals surface area contributed by atoms with Crippen molar-refractivity contribution < 1.29 is 9.21 Å². The molecule has 2 nitrogen and oxygen atoms in total. The largest absolute Gasteiger partial charge is 0.472 e. The number of rotatable bonds is 3. The van der Waals surface area contributed by atoms with Crippen LogP contribution in [0.2, 0.25) is 0 Å². The van der Waals surface area contributed by atoms with E-state index < -0.39 is 0 Å². The second kappa shape index (κ2) is 4.69. The third-order valence-corrected chi connectivity index (χ3v) is 3.68. The van der Waals surface area contributed by atoms with Gasteiger partial charge in [0.1, 0.15) is 5.78 Å². The zero-order valence-electron chi connectivity index (χ0n) is 8.07. The van der Waals surface area contributed by atoms with Crippen molar-refractivity contribution in [2.75, 3.05) is 11.5 Å². The highest BCUT2D eigenvalue weighted by atomic mass is 32.2. The lowest BCUT2D eigenvalue weighted by Gasteiger charge is -2.19. The molecule has 0 amide bonds. The lowest BCUT2D eigenvalue weighted by atomic mass is 9.94. The van der Waals surface area contributed by atoms with Gasteiger partial charge in [0.05, 0.1) is 12.5 Å². The van der Waals surface area contributed by atoms with Crippen LogP contribution in [0.15, 0.2) is 23.0 Å². The first-order valence-corrected chi connectivity index (χ1v) is 6.13. The van der Waals surface area contributed by atoms with Gasteiger partial charge in [-0.2, -0.15) is 11.8 Å². The Morgan fingerprint density at radius 3 is 2.93 bits per heavy atom. The maximum Gasteiger partial charge on any atom is 0.140 e. The molecule has 0 atom stereocenters. The maximum atomic E-state index is 11.8. The number of carbonyl (C=O) groups excluding carboxylic acids is 1. The number of thioether (sulfide) groups is 1. The minimum absolute atomic E-state index is 0.297. The Hall–Kier alpha value is -0.700. The molecule has 2 rings (SSSR count). The molecule has 3 heteroatoms. The number of hydrogen-bond acceptors (Lipinski definition) is 3. The van der Waals surface area contributed by atoms with E-state index in [0.29, 0.717) is 18.1 Å². The van der Waals surface area contributed by atoms with Crippen molar-refractivity contribution in [2.45, 2.75) is 19.3 Å². The second-order valence-electron chi connectivity index (χ2n) is 3.66. The maximum absolute atomic E-state index is 11.8. The summed E-state index contributed by atoms with van der Waals surface area (Å²) < 4.78 is 4.95. The number of Topliss-reactive ketones (excluding diaryl/α,β-unsaturated/α-hetero) is 1. The SMILES string of the molecule is O=C(Cc1ccoc1)C1CCSCC1. The zero-order valence-corrected chi connectivity index (χ0v) is 8.89. The van der Waals surface area contributed by atoms with Gasteiger partial charge in [-0.3, -0.25) is 4.79 Å². The molecule has 1 aliphatic rings. The fourth-order valence-electron chi connectivity index (χ4n) is 1.76. The molecule has 1 aromatic heterocycles. The van der Waals surface area contributed by atoms with E-state index in [1.54, 1.807) is 12.5 Å². The Bertz CT molecular complexity index is 286. The second-order valence-corrected chi connectivity index (χ2v) is 4.89. The Morgan fingerprint density at radius 1 is 1.50 bits per heavy atom. The van der Waals surface area contributed by atoms with Crippen LogP contribution < -0.4 is 0 Å². The van der Waals surface area contributed by atoms with Crippen LogP contribution in [0.3, 0.4) is 0 Å². The minimum Gasteiger partial charge on any atom is -0.472 e. The highest BCUT2D eigenvalue weighted by molar-refractivity contribution is 7.99. The molecule has 1 saturated heterocycles. The summed E-state index contributed by atoms with van der Waals surface area (Å²) in [6, 6.07) is 1.87. The van der Waals surface area contributed by atoms with Gasteiger partial charge >= 0.3 is 0 Å². The van der Waals surface area contributed by atoms with E-state index in [2.05, 4.69) is 0 Å². The predicted octanol–water partition coefficient (Wildman–Crippen LogP) is 2.53. The fourth-order valence-corrected chi connectivity index (χ4v) is 2.86. The van der Waals surface area contributed by atoms with Crippen LogP contribution in [0.5, 0.6) is 0 Å². The van der Waals surface area contributed by atoms with Crippen LogP contribution >= 0.6 is 11.8 Å². The first-order chi connectivity index (χ1) is 6.86. The van der Waals surface area contributed by atoms with E-state index in [-0.39, 0.29) is 0 Å². The minimum atomic E-state index is 0.297. The molecule has 1 fully saturated rings. The van der Waals surface area contributed by atoms with Gasteiger partial charge < -0.3 is 4.42 Å². The van der Waals surface area contributed by atoms with Crippen molar-refractivity contribution in [1.82, 2.24) is 0 Å². The number of furan rings is 1. The molecule has 0 aliphatic carbocycles. The van der Waals surface area contributed by atoms with Crippen molar-refractivity contribution in [2.24, 2.45) is 5.92 Å². The number of ketones is 1. The van der Waals surface area contributed by atoms with Gasteiger partial charge in [-0.15, -0.1) is 0 Å². The quantitative estimate of drug-likeness (QED) is 0.768. The summed E-state index contributed by atoms with van der Waals surface area (Å²) in [5.41, 5.74) is 1.01. The first-order valence-electron chi connectivity index (χ1n) is 4.98. The lowest BCUT2D eigenvalue weighted by Crippen LogP contribution is -2.21. The highest BCUT2D eigenvalue weighted by Crippen LogP contribution is 2.24. The van der Waals surface area contributed by atoms with Crippen molar-refractivity contribution in [3.05, 3.63) is 24.2 Å². The van der Waals surface area contributed by atoms with Crippen LogP contribution in [0.1, 0.15) is 18.4 Å². The van der Waals surface area contributed by atoms with Gasteiger partial charge in [-0.25, -0.2) is 0 Å². The van der Waals surface area contributed by atoms with Crippen LogP contribution in [-0.4, -0.2) is 17.3 Å². The average Bonchev–Trinajstić information content (AvgIpc) is 2.72. The Balaban J connectivity index is 1.88. The van der Waals surface area contributed by atoms with Crippen molar-refractivity contribution in [3.63, 3.8) is 0 Å². The Morgan fingerprint density at radius 2 is 2.29 bits per heavy atom. The normalized spacial score (nSPS) is 18.3. The van der Waals surface area contributed by atoms with Gasteiger partial charge in [-0.1, -0.05) is 0 Å². The molecule has 1 aromatic rings. The van der Waals surface area contributed by atoms with E-state index in [1.807, 2.05) is 17.8 Å². The fraction of sp³-hybridized carbons (Fsp3) is 0.545. The van der Waals surface area contributed by atoms with Gasteiger partial charge in [0, 0.05) is 12.3 Å². The average molecular weight is 210 g/mol. The van der Waals surface area contributed by atoms with E-state index in [1.165, 1.54) is 0 Å². The van der Waals surface area contributed by atoms with Gasteiger partial charge in [0.25, 0.3) is 0 Å². The van der Waals surface area contributed by atoms with Crippen molar-refractivity contribution in [3.8, 4) is 0 Å². The van der Waals surface area contributed by atoms with E-state index in [0.717, 1.165) is 29.9 Å². The van der Waals surface area contributed by atoms with Crippen molar-refractivity contribution >= 4 is 17.5 Å². The van der Waals surface area contributed by atoms with E-state index in [4.69, 9.17) is 4.42 Å². The van der Waals surface area contributed by atoms with Gasteiger partial charge in [0.15, 0.2) is 0 Å². The van der Waals surface area contributed by atoms with Crippen LogP contribution in [0.4, 0.5) is 0 Å². The summed E-state index contributed by atoms with van der Waals surface area (Å²) in [6.07, 6.45) is 5.95. The molecule has 14 heavy (non-hydrogen) atoms. The van der Waals surface area contributed by atoms with Gasteiger partial charge in [0.2, 0.25) is 0 Å². The molecular weight excluding hydrogens is 196 g/mol. The highest BCUT2D eigenvalue weighted by Gasteiger charge is 2.21. The Kier molecular flexibility index (Phi) is 3.30. The third-order valence-electron chi connectivity index (χ3n) is 2.64. The van der Waals surface area contributed by atoms with Gasteiger partial charge in [-0.05, 0) is 36.0 Å². The number of carbonyl (C=O) groups is 1. The molecule has 0 bridgehead atoms. The topological polar surface area (TPSA) is 30.2 Å². The zero-order chi connectivity index (χ0) is 9.80. The van der Waals surface area contributed by atoms with E-state index in [9.17, 15) is 4.79 Å². The summed E-state index contributed by atoms with van der Waals surface area (Å²) >= 11 is 1.95. The standard InChI is InChI=1S/C11H14O2S/c12-11(7-9-1-4-13-8-9)10-2-5-14-6-3-10/h1,4,8,10H,2-3,5-7H2. The molecule has 0 unspecified atom stereocenters. The predicted molar refractivity (Wildman–Crippen MR) is 57.5 cm³/mol. The summed E-state index contributed by atoms with van der Waals surface area (Å²) in [5, 5.41) is 0. The molecule has 0 N–H and O–H groups in total. The summed E-state index contributed by atoms with van der Waals surface area (Å²) in [6.45, 7) is 0. The summed E-state index contributed by atoms with van der Waals surface area (Å²) in [7, 11) is 0. The molecule has 1 aliphatic heterocycles. The van der Waals surface area contributed by atoms with Crippen LogP contribution in [-0.2, 0) is 11.2 Å². The molecule has 0 aromatic carbocycles. The van der Waals surface area contributed by atoms with Crippen LogP contribution in [0.25, 0.3) is 0 Å². The summed E-state index contributed by atoms with van der Waals surface area (Å²) in [4.78, 5) is 11.8. The molecule has 0 saturated carbocycles. The summed E-state index contributed by atoms with van der Waals surface area (Å²) in [5.74, 6) is 2.96. The monoisotopic (exact) mass is 210 g/mol. The number of hydrogen-bond donors (Lipinski definition) is 0. The molecule has 0 radical (unpaired) electrons. The third kappa shape index (κ3) is 2.41.